The largest absolute Gasteiger partial charge is 0.354 e. The van der Waals surface area contributed by atoms with Gasteiger partial charge in [-0.25, -0.2) is 4.98 Å². The molecule has 1 amide bonds. The number of halogens is 1. The van der Waals surface area contributed by atoms with Crippen LogP contribution in [0.25, 0.3) is 0 Å². The maximum Gasteiger partial charge on any atom is 0.238 e. The number of piperazine rings is 1. The number of anilines is 2. The van der Waals surface area contributed by atoms with E-state index in [1.54, 1.807) is 24.4 Å². The van der Waals surface area contributed by atoms with Crippen molar-refractivity contribution >= 4 is 29.0 Å². The second kappa shape index (κ2) is 7.97. The Morgan fingerprint density at radius 2 is 2.04 bits per heavy atom. The van der Waals surface area contributed by atoms with Crippen LogP contribution in [-0.4, -0.2) is 48.5 Å². The number of amides is 1. The van der Waals surface area contributed by atoms with Crippen LogP contribution in [-0.2, 0) is 4.79 Å². The number of carbonyl (C=O) groups excluding carboxylic acids is 1. The van der Waals surface area contributed by atoms with E-state index in [4.69, 9.17) is 16.9 Å². The van der Waals surface area contributed by atoms with Gasteiger partial charge in [0.05, 0.1) is 17.1 Å². The van der Waals surface area contributed by atoms with Gasteiger partial charge in [-0.3, -0.25) is 9.69 Å². The van der Waals surface area contributed by atoms with Crippen LogP contribution in [0.1, 0.15) is 5.56 Å². The van der Waals surface area contributed by atoms with E-state index >= 15 is 0 Å². The van der Waals surface area contributed by atoms with Gasteiger partial charge in [-0.15, -0.1) is 0 Å². The molecule has 0 atom stereocenters. The lowest BCUT2D eigenvalue weighted by Gasteiger charge is -2.34. The summed E-state index contributed by atoms with van der Waals surface area (Å²) < 4.78 is 0. The lowest BCUT2D eigenvalue weighted by Crippen LogP contribution is -2.48. The fraction of sp³-hybridized carbons (Fsp3) is 0.278. The molecule has 25 heavy (non-hydrogen) atoms. The summed E-state index contributed by atoms with van der Waals surface area (Å²) >= 11 is 5.98. The minimum Gasteiger partial charge on any atom is -0.354 e. The van der Waals surface area contributed by atoms with E-state index in [1.807, 2.05) is 24.3 Å². The highest BCUT2D eigenvalue weighted by atomic mass is 35.5. The molecular weight excluding hydrogens is 338 g/mol. The first-order valence-corrected chi connectivity index (χ1v) is 8.41. The zero-order chi connectivity index (χ0) is 17.6. The molecule has 0 spiro atoms. The molecule has 1 aliphatic heterocycles. The van der Waals surface area contributed by atoms with E-state index in [1.165, 1.54) is 0 Å². The highest BCUT2D eigenvalue weighted by Crippen LogP contribution is 2.20. The molecule has 3 rings (SSSR count). The number of carbonyl (C=O) groups is 1. The number of rotatable bonds is 4. The van der Waals surface area contributed by atoms with Crippen molar-refractivity contribution in [1.82, 2.24) is 9.88 Å². The number of nitrogens with zero attached hydrogens (tertiary/aromatic N) is 4. The molecule has 0 radical (unpaired) electrons. The summed E-state index contributed by atoms with van der Waals surface area (Å²) in [6, 6.07) is 12.7. The van der Waals surface area contributed by atoms with Crippen LogP contribution in [0.15, 0.2) is 42.6 Å². The van der Waals surface area contributed by atoms with Crippen molar-refractivity contribution in [2.45, 2.75) is 0 Å². The van der Waals surface area contributed by atoms with E-state index in [9.17, 15) is 4.79 Å². The molecule has 2 aromatic rings. The van der Waals surface area contributed by atoms with E-state index in [0.29, 0.717) is 22.8 Å². The summed E-state index contributed by atoms with van der Waals surface area (Å²) in [5.74, 6) is 0.880. The van der Waals surface area contributed by atoms with E-state index in [2.05, 4.69) is 20.1 Å². The van der Waals surface area contributed by atoms with Gasteiger partial charge in [0.1, 0.15) is 11.9 Å². The molecular formula is C18H18ClN5O. The summed E-state index contributed by atoms with van der Waals surface area (Å²) in [5, 5.41) is 12.0. The highest BCUT2D eigenvalue weighted by Gasteiger charge is 2.19. The average molecular weight is 356 g/mol. The minimum absolute atomic E-state index is 0.0907. The molecule has 0 saturated carbocycles. The first kappa shape index (κ1) is 17.2. The SMILES string of the molecule is N#Cc1ccc(NC(=O)CN2CCN(c3ccccn3)CC2)cc1Cl. The Balaban J connectivity index is 1.50. The monoisotopic (exact) mass is 355 g/mol. The van der Waals surface area contributed by atoms with Crippen LogP contribution < -0.4 is 10.2 Å². The van der Waals surface area contributed by atoms with Gasteiger partial charge in [-0.1, -0.05) is 17.7 Å². The van der Waals surface area contributed by atoms with E-state index < -0.39 is 0 Å². The van der Waals surface area contributed by atoms with Gasteiger partial charge in [-0.2, -0.15) is 5.26 Å². The number of benzene rings is 1. The Kier molecular flexibility index (Phi) is 5.49. The zero-order valence-corrected chi connectivity index (χ0v) is 14.4. The first-order chi connectivity index (χ1) is 12.2. The number of nitrogens with one attached hydrogen (secondary N) is 1. The third-order valence-corrected chi connectivity index (χ3v) is 4.40. The number of aromatic nitrogens is 1. The van der Waals surface area contributed by atoms with Crippen LogP contribution in [0.3, 0.4) is 0 Å². The highest BCUT2D eigenvalue weighted by molar-refractivity contribution is 6.32. The molecule has 128 valence electrons. The standard InChI is InChI=1S/C18H18ClN5O/c19-16-11-15(5-4-14(16)12-20)22-18(25)13-23-7-9-24(10-8-23)17-3-1-2-6-21-17/h1-6,11H,7-10,13H2,(H,22,25). The Labute approximate surface area is 151 Å². The molecule has 1 fully saturated rings. The second-order valence-corrected chi connectivity index (χ2v) is 6.21. The lowest BCUT2D eigenvalue weighted by molar-refractivity contribution is -0.117. The van der Waals surface area contributed by atoms with Gasteiger partial charge in [0.15, 0.2) is 0 Å². The lowest BCUT2D eigenvalue weighted by atomic mass is 10.2. The molecule has 0 unspecified atom stereocenters. The quantitative estimate of drug-likeness (QED) is 0.911. The number of hydrogen-bond donors (Lipinski definition) is 1. The second-order valence-electron chi connectivity index (χ2n) is 5.81. The van der Waals surface area contributed by atoms with Crippen molar-refractivity contribution in [3.8, 4) is 6.07 Å². The van der Waals surface area contributed by atoms with Crippen LogP contribution in [0.2, 0.25) is 5.02 Å². The molecule has 1 saturated heterocycles. The molecule has 2 heterocycles. The van der Waals surface area contributed by atoms with Crippen molar-refractivity contribution in [3.63, 3.8) is 0 Å². The smallest absolute Gasteiger partial charge is 0.238 e. The fourth-order valence-corrected chi connectivity index (χ4v) is 2.99. The third kappa shape index (κ3) is 4.47. The summed E-state index contributed by atoms with van der Waals surface area (Å²) in [5.41, 5.74) is 0.992. The predicted octanol–water partition coefficient (Wildman–Crippen LogP) is 2.37. The zero-order valence-electron chi connectivity index (χ0n) is 13.7. The average Bonchev–Trinajstić information content (AvgIpc) is 2.63. The van der Waals surface area contributed by atoms with Gasteiger partial charge in [0, 0.05) is 38.1 Å². The topological polar surface area (TPSA) is 72.3 Å². The molecule has 1 aliphatic rings. The number of pyridine rings is 1. The molecule has 0 bridgehead atoms. The summed E-state index contributed by atoms with van der Waals surface area (Å²) in [6.07, 6.45) is 1.79. The Morgan fingerprint density at radius 1 is 1.24 bits per heavy atom. The Morgan fingerprint density at radius 3 is 2.68 bits per heavy atom. The van der Waals surface area contributed by atoms with Crippen LogP contribution in [0.4, 0.5) is 11.5 Å². The summed E-state index contributed by atoms with van der Waals surface area (Å²) in [4.78, 5) is 20.9. The van der Waals surface area contributed by atoms with Gasteiger partial charge in [0.2, 0.25) is 5.91 Å². The molecule has 0 aliphatic carbocycles. The van der Waals surface area contributed by atoms with Gasteiger partial charge in [-0.05, 0) is 30.3 Å². The van der Waals surface area contributed by atoms with Crippen molar-refractivity contribution in [2.75, 3.05) is 42.9 Å². The Bertz CT molecular complexity index is 782. The van der Waals surface area contributed by atoms with Gasteiger partial charge < -0.3 is 10.2 Å². The number of hydrogen-bond acceptors (Lipinski definition) is 5. The predicted molar refractivity (Wildman–Crippen MR) is 97.7 cm³/mol. The maximum atomic E-state index is 12.2. The van der Waals surface area contributed by atoms with E-state index in [0.717, 1.165) is 32.0 Å². The van der Waals surface area contributed by atoms with Crippen LogP contribution in [0, 0.1) is 11.3 Å². The van der Waals surface area contributed by atoms with Crippen molar-refractivity contribution in [3.05, 3.63) is 53.2 Å². The normalized spacial score (nSPS) is 14.8. The van der Waals surface area contributed by atoms with Gasteiger partial charge >= 0.3 is 0 Å². The molecule has 1 aromatic carbocycles. The van der Waals surface area contributed by atoms with Crippen LogP contribution >= 0.6 is 11.6 Å². The summed E-state index contributed by atoms with van der Waals surface area (Å²) in [6.45, 7) is 3.61. The first-order valence-electron chi connectivity index (χ1n) is 8.03. The molecule has 1 aromatic heterocycles. The van der Waals surface area contributed by atoms with Crippen molar-refractivity contribution < 1.29 is 4.79 Å². The summed E-state index contributed by atoms with van der Waals surface area (Å²) in [7, 11) is 0. The minimum atomic E-state index is -0.0907. The third-order valence-electron chi connectivity index (χ3n) is 4.09. The maximum absolute atomic E-state index is 12.2. The molecule has 1 N–H and O–H groups in total. The number of nitriles is 1. The fourth-order valence-electron chi connectivity index (χ4n) is 2.76. The van der Waals surface area contributed by atoms with Crippen molar-refractivity contribution in [2.24, 2.45) is 0 Å². The van der Waals surface area contributed by atoms with E-state index in [-0.39, 0.29) is 5.91 Å². The molecule has 6 nitrogen and oxygen atoms in total. The van der Waals surface area contributed by atoms with Crippen LogP contribution in [0.5, 0.6) is 0 Å². The van der Waals surface area contributed by atoms with Gasteiger partial charge in [0.25, 0.3) is 0 Å². The molecule has 7 heteroatoms. The van der Waals surface area contributed by atoms with Crippen molar-refractivity contribution in [1.29, 1.82) is 5.26 Å². The Hall–Kier alpha value is -2.62.